The molecule has 1 aliphatic carbocycles. The third-order valence-electron chi connectivity index (χ3n) is 3.26. The quantitative estimate of drug-likeness (QED) is 0.761. The second-order valence-electron chi connectivity index (χ2n) is 4.79. The van der Waals surface area contributed by atoms with E-state index in [1.165, 1.54) is 5.57 Å². The van der Waals surface area contributed by atoms with Crippen LogP contribution >= 0.6 is 0 Å². The molecule has 0 aromatic heterocycles. The Morgan fingerprint density at radius 1 is 1.53 bits per heavy atom. The van der Waals surface area contributed by atoms with Gasteiger partial charge in [0.2, 0.25) is 0 Å². The molecule has 0 fully saturated rings. The molecule has 1 rings (SSSR count). The summed E-state index contributed by atoms with van der Waals surface area (Å²) in [5.41, 5.74) is 2.97. The minimum Gasteiger partial charge on any atom is -0.385 e. The largest absolute Gasteiger partial charge is 0.385 e. The smallest absolute Gasteiger partial charge is 0.187 e. The van der Waals surface area contributed by atoms with Crippen molar-refractivity contribution in [2.45, 2.75) is 46.6 Å². The summed E-state index contributed by atoms with van der Waals surface area (Å²) in [4.78, 5) is 11.7. The van der Waals surface area contributed by atoms with E-state index in [0.717, 1.165) is 12.0 Å². The molecule has 0 saturated heterocycles. The van der Waals surface area contributed by atoms with Crippen molar-refractivity contribution in [3.63, 3.8) is 0 Å². The molecule has 0 radical (unpaired) electrons. The molecule has 0 aromatic rings. The Balaban J connectivity index is 2.96. The van der Waals surface area contributed by atoms with Gasteiger partial charge in [-0.15, -0.1) is 0 Å². The lowest BCUT2D eigenvalue weighted by Gasteiger charge is -2.25. The number of aliphatic hydroxyl groups excluding tert-OH is 1. The maximum Gasteiger partial charge on any atom is 0.187 e. The number of aliphatic hydroxyl groups is 1. The SMILES string of the molecule is CC/C=C(C)/C=C/C1=C(C)C(=O)C(O)CC1C. The first-order chi connectivity index (χ1) is 7.97. The van der Waals surface area contributed by atoms with Crippen molar-refractivity contribution in [1.29, 1.82) is 0 Å². The molecule has 2 nitrogen and oxygen atoms in total. The number of Topliss-reactive ketones (excluding diaryl/α,β-unsaturated/α-hetero) is 1. The Labute approximate surface area is 104 Å². The molecule has 0 aromatic carbocycles. The van der Waals surface area contributed by atoms with E-state index in [4.69, 9.17) is 0 Å². The van der Waals surface area contributed by atoms with Crippen LogP contribution in [0.2, 0.25) is 0 Å². The molecule has 1 aliphatic rings. The van der Waals surface area contributed by atoms with Crippen LogP contribution in [0, 0.1) is 5.92 Å². The van der Waals surface area contributed by atoms with Crippen molar-refractivity contribution in [2.75, 3.05) is 0 Å². The monoisotopic (exact) mass is 234 g/mol. The fourth-order valence-electron chi connectivity index (χ4n) is 2.23. The van der Waals surface area contributed by atoms with E-state index in [-0.39, 0.29) is 11.7 Å². The Kier molecular flexibility index (Phi) is 4.88. The molecule has 0 heterocycles. The highest BCUT2D eigenvalue weighted by molar-refractivity contribution is 6.00. The van der Waals surface area contributed by atoms with Gasteiger partial charge >= 0.3 is 0 Å². The summed E-state index contributed by atoms with van der Waals surface area (Å²) in [6.45, 7) is 8.02. The highest BCUT2D eigenvalue weighted by Gasteiger charge is 2.28. The summed E-state index contributed by atoms with van der Waals surface area (Å²) in [5, 5.41) is 9.58. The van der Waals surface area contributed by atoms with Crippen LogP contribution in [0.3, 0.4) is 0 Å². The minimum atomic E-state index is -0.811. The van der Waals surface area contributed by atoms with Crippen LogP contribution in [0.1, 0.15) is 40.5 Å². The average molecular weight is 234 g/mol. The van der Waals surface area contributed by atoms with Crippen molar-refractivity contribution < 1.29 is 9.90 Å². The third kappa shape index (κ3) is 3.40. The highest BCUT2D eigenvalue weighted by Crippen LogP contribution is 2.29. The summed E-state index contributed by atoms with van der Waals surface area (Å²) in [6.07, 6.45) is 6.95. The molecule has 94 valence electrons. The zero-order valence-electron chi connectivity index (χ0n) is 11.2. The van der Waals surface area contributed by atoms with Gasteiger partial charge in [-0.1, -0.05) is 37.6 Å². The van der Waals surface area contributed by atoms with E-state index in [1.54, 1.807) is 6.92 Å². The van der Waals surface area contributed by atoms with Crippen LogP contribution in [-0.2, 0) is 4.79 Å². The first-order valence-corrected chi connectivity index (χ1v) is 6.25. The summed E-state index contributed by atoms with van der Waals surface area (Å²) in [6, 6.07) is 0. The van der Waals surface area contributed by atoms with Gasteiger partial charge in [0, 0.05) is 0 Å². The highest BCUT2D eigenvalue weighted by atomic mass is 16.3. The van der Waals surface area contributed by atoms with Gasteiger partial charge in [0.05, 0.1) is 0 Å². The molecule has 0 bridgehead atoms. The van der Waals surface area contributed by atoms with Crippen molar-refractivity contribution in [3.8, 4) is 0 Å². The number of carbonyl (C=O) groups is 1. The summed E-state index contributed by atoms with van der Waals surface area (Å²) < 4.78 is 0. The number of allylic oxidation sites excluding steroid dienone is 5. The van der Waals surface area contributed by atoms with Crippen molar-refractivity contribution in [1.82, 2.24) is 0 Å². The second-order valence-corrected chi connectivity index (χ2v) is 4.79. The fraction of sp³-hybridized carbons (Fsp3) is 0.533. The Morgan fingerprint density at radius 2 is 2.18 bits per heavy atom. The van der Waals surface area contributed by atoms with E-state index in [9.17, 15) is 9.90 Å². The first kappa shape index (κ1) is 13.9. The molecular formula is C15H22O2. The van der Waals surface area contributed by atoms with Crippen LogP contribution in [0.4, 0.5) is 0 Å². The Morgan fingerprint density at radius 3 is 2.76 bits per heavy atom. The van der Waals surface area contributed by atoms with Crippen LogP contribution in [-0.4, -0.2) is 17.0 Å². The molecule has 17 heavy (non-hydrogen) atoms. The summed E-state index contributed by atoms with van der Waals surface area (Å²) in [7, 11) is 0. The molecule has 1 N–H and O–H groups in total. The molecule has 2 unspecified atom stereocenters. The molecular weight excluding hydrogens is 212 g/mol. The third-order valence-corrected chi connectivity index (χ3v) is 3.26. The maximum atomic E-state index is 11.7. The number of hydrogen-bond acceptors (Lipinski definition) is 2. The predicted molar refractivity (Wildman–Crippen MR) is 70.7 cm³/mol. The van der Waals surface area contributed by atoms with Gasteiger partial charge in [-0.25, -0.2) is 0 Å². The van der Waals surface area contributed by atoms with Gasteiger partial charge in [-0.2, -0.15) is 0 Å². The molecule has 0 saturated carbocycles. The predicted octanol–water partition coefficient (Wildman–Crippen LogP) is 3.19. The standard InChI is InChI=1S/C15H22O2/c1-5-6-10(2)7-8-13-11(3)9-14(16)15(17)12(13)4/h6-8,11,14,16H,5,9H2,1-4H3/b8-7+,10-6+. The lowest BCUT2D eigenvalue weighted by molar-refractivity contribution is -0.124. The number of ketones is 1. The topological polar surface area (TPSA) is 37.3 Å². The van der Waals surface area contributed by atoms with E-state index >= 15 is 0 Å². The molecule has 2 heteroatoms. The van der Waals surface area contributed by atoms with Gasteiger partial charge in [-0.3, -0.25) is 4.79 Å². The van der Waals surface area contributed by atoms with Crippen molar-refractivity contribution in [2.24, 2.45) is 5.92 Å². The molecule has 0 aliphatic heterocycles. The molecule has 2 atom stereocenters. The zero-order chi connectivity index (χ0) is 13.0. The average Bonchev–Trinajstić information content (AvgIpc) is 2.26. The lowest BCUT2D eigenvalue weighted by atomic mass is 9.81. The van der Waals surface area contributed by atoms with Gasteiger partial charge in [0.1, 0.15) is 6.10 Å². The van der Waals surface area contributed by atoms with Gasteiger partial charge in [0.25, 0.3) is 0 Å². The first-order valence-electron chi connectivity index (χ1n) is 6.25. The van der Waals surface area contributed by atoms with Gasteiger partial charge < -0.3 is 5.11 Å². The number of rotatable bonds is 3. The fourth-order valence-corrected chi connectivity index (χ4v) is 2.23. The van der Waals surface area contributed by atoms with Crippen molar-refractivity contribution in [3.05, 3.63) is 34.9 Å². The second kappa shape index (κ2) is 5.97. The lowest BCUT2D eigenvalue weighted by Crippen LogP contribution is -2.30. The van der Waals surface area contributed by atoms with E-state index in [1.807, 2.05) is 12.2 Å². The van der Waals surface area contributed by atoms with Crippen LogP contribution < -0.4 is 0 Å². The normalized spacial score (nSPS) is 27.1. The molecule has 0 spiro atoms. The van der Waals surface area contributed by atoms with Crippen molar-refractivity contribution >= 4 is 5.78 Å². The summed E-state index contributed by atoms with van der Waals surface area (Å²) in [5.74, 6) is 0.119. The Bertz CT molecular complexity index is 386. The van der Waals surface area contributed by atoms with Crippen LogP contribution in [0.15, 0.2) is 34.9 Å². The van der Waals surface area contributed by atoms with E-state index < -0.39 is 6.10 Å². The minimum absolute atomic E-state index is 0.125. The van der Waals surface area contributed by atoms with E-state index in [0.29, 0.717) is 12.0 Å². The van der Waals surface area contributed by atoms with Gasteiger partial charge in [0.15, 0.2) is 5.78 Å². The summed E-state index contributed by atoms with van der Waals surface area (Å²) >= 11 is 0. The van der Waals surface area contributed by atoms with Crippen LogP contribution in [0.25, 0.3) is 0 Å². The number of carbonyl (C=O) groups excluding carboxylic acids is 1. The van der Waals surface area contributed by atoms with E-state index in [2.05, 4.69) is 26.8 Å². The number of hydrogen-bond donors (Lipinski definition) is 1. The van der Waals surface area contributed by atoms with Gasteiger partial charge in [-0.05, 0) is 43.8 Å². The van der Waals surface area contributed by atoms with Crippen LogP contribution in [0.5, 0.6) is 0 Å². The maximum absolute atomic E-state index is 11.7. The Hall–Kier alpha value is -1.15. The molecule has 0 amide bonds. The zero-order valence-corrected chi connectivity index (χ0v) is 11.2.